The lowest BCUT2D eigenvalue weighted by molar-refractivity contribution is -0.137. The second kappa shape index (κ2) is 11.9. The second-order valence-corrected chi connectivity index (χ2v) is 9.17. The summed E-state index contributed by atoms with van der Waals surface area (Å²) in [5.41, 5.74) is 0.765. The Kier molecular flexibility index (Phi) is 8.89. The number of carbonyl (C=O) groups is 3. The molecule has 0 radical (unpaired) electrons. The maximum absolute atomic E-state index is 14.5. The Balaban J connectivity index is 1.72. The van der Waals surface area contributed by atoms with Crippen LogP contribution < -0.4 is 0 Å². The van der Waals surface area contributed by atoms with E-state index < -0.39 is 11.6 Å². The first-order valence-electron chi connectivity index (χ1n) is 11.8. The zero-order chi connectivity index (χ0) is 25.5. The van der Waals surface area contributed by atoms with Gasteiger partial charge in [0.2, 0.25) is 11.8 Å². The van der Waals surface area contributed by atoms with Crippen LogP contribution in [0.2, 0.25) is 0 Å². The average molecular weight is 487 g/mol. The maximum atomic E-state index is 14.5. The zero-order valence-electron chi connectivity index (χ0n) is 20.4. The van der Waals surface area contributed by atoms with Crippen LogP contribution in [0.1, 0.15) is 41.6 Å². The number of hydrogen-bond acceptors (Lipinski definition) is 4. The van der Waals surface area contributed by atoms with Crippen molar-refractivity contribution in [2.24, 2.45) is 5.92 Å². The van der Waals surface area contributed by atoms with Gasteiger partial charge >= 0.3 is 0 Å². The zero-order valence-corrected chi connectivity index (χ0v) is 20.4. The van der Waals surface area contributed by atoms with Crippen molar-refractivity contribution >= 4 is 17.7 Å². The van der Waals surface area contributed by atoms with Gasteiger partial charge in [-0.05, 0) is 48.9 Å². The largest absolute Gasteiger partial charge is 0.349 e. The van der Waals surface area contributed by atoms with Crippen molar-refractivity contribution in [1.82, 2.24) is 19.7 Å². The maximum Gasteiger partial charge on any atom is 0.255 e. The van der Waals surface area contributed by atoms with Gasteiger partial charge in [0.1, 0.15) is 11.6 Å². The van der Waals surface area contributed by atoms with Gasteiger partial charge in [0.25, 0.3) is 5.91 Å². The van der Waals surface area contributed by atoms with E-state index >= 15 is 0 Å². The van der Waals surface area contributed by atoms with E-state index in [4.69, 9.17) is 0 Å². The van der Waals surface area contributed by atoms with Crippen molar-refractivity contribution < 1.29 is 23.2 Å². The molecule has 1 fully saturated rings. The van der Waals surface area contributed by atoms with E-state index in [0.717, 1.165) is 6.07 Å². The number of aromatic nitrogens is 1. The fourth-order valence-corrected chi connectivity index (χ4v) is 4.51. The third-order valence-corrected chi connectivity index (χ3v) is 6.66. The van der Waals surface area contributed by atoms with Crippen molar-refractivity contribution in [1.29, 1.82) is 0 Å². The van der Waals surface area contributed by atoms with E-state index in [2.05, 4.69) is 4.98 Å². The molecule has 2 aromatic rings. The summed E-state index contributed by atoms with van der Waals surface area (Å²) in [7, 11) is 5.00. The van der Waals surface area contributed by atoms with Gasteiger partial charge in [0.15, 0.2) is 0 Å². The number of amides is 3. The standard InChI is InChI=1S/C26H32F2N4O3/c1-30(2)24(33)8-9-25(34)32-13-10-18(11-14-32)23(15-19-6-7-21(27)16-22(19)28)31(3)26(35)20-5-4-12-29-17-20/h4-7,12,16-18,23H,8-11,13-15H2,1-3H3. The van der Waals surface area contributed by atoms with E-state index in [1.54, 1.807) is 49.3 Å². The van der Waals surface area contributed by atoms with E-state index in [1.807, 2.05) is 0 Å². The Morgan fingerprint density at radius 1 is 1.09 bits per heavy atom. The van der Waals surface area contributed by atoms with Crippen molar-refractivity contribution in [3.63, 3.8) is 0 Å². The number of hydrogen-bond donors (Lipinski definition) is 0. The quantitative estimate of drug-likeness (QED) is 0.575. The van der Waals surface area contributed by atoms with Crippen LogP contribution in [-0.2, 0) is 16.0 Å². The Bertz CT molecular complexity index is 1040. The number of benzene rings is 1. The number of carbonyl (C=O) groups excluding carboxylic acids is 3. The van der Waals surface area contributed by atoms with Gasteiger partial charge in [-0.1, -0.05) is 6.07 Å². The number of rotatable bonds is 8. The van der Waals surface area contributed by atoms with E-state index in [0.29, 0.717) is 37.1 Å². The summed E-state index contributed by atoms with van der Waals surface area (Å²) in [4.78, 5) is 46.4. The summed E-state index contributed by atoms with van der Waals surface area (Å²) in [6.45, 7) is 0.994. The van der Waals surface area contributed by atoms with E-state index in [-0.39, 0.29) is 48.9 Å². The van der Waals surface area contributed by atoms with Crippen LogP contribution in [0.25, 0.3) is 0 Å². The van der Waals surface area contributed by atoms with Crippen LogP contribution in [0.15, 0.2) is 42.7 Å². The Morgan fingerprint density at radius 2 is 1.80 bits per heavy atom. The lowest BCUT2D eigenvalue weighted by Crippen LogP contribution is -2.48. The number of piperidine rings is 1. The van der Waals surface area contributed by atoms with Crippen LogP contribution in [0, 0.1) is 17.6 Å². The van der Waals surface area contributed by atoms with Gasteiger partial charge in [-0.3, -0.25) is 19.4 Å². The van der Waals surface area contributed by atoms with Crippen LogP contribution in [-0.4, -0.2) is 77.7 Å². The topological polar surface area (TPSA) is 73.8 Å². The lowest BCUT2D eigenvalue weighted by atomic mass is 9.84. The molecule has 0 bridgehead atoms. The molecule has 1 aromatic heterocycles. The molecule has 1 aromatic carbocycles. The predicted molar refractivity (Wildman–Crippen MR) is 127 cm³/mol. The second-order valence-electron chi connectivity index (χ2n) is 9.17. The minimum atomic E-state index is -0.651. The molecule has 0 saturated carbocycles. The minimum absolute atomic E-state index is 0.0116. The number of pyridine rings is 1. The molecule has 35 heavy (non-hydrogen) atoms. The van der Waals surface area contributed by atoms with Crippen LogP contribution >= 0.6 is 0 Å². The van der Waals surface area contributed by atoms with Gasteiger partial charge in [0, 0.05) is 71.6 Å². The highest BCUT2D eigenvalue weighted by atomic mass is 19.1. The molecule has 1 atom stereocenters. The molecule has 188 valence electrons. The third-order valence-electron chi connectivity index (χ3n) is 6.66. The SMILES string of the molecule is CN(C)C(=O)CCC(=O)N1CCC(C(Cc2ccc(F)cc2F)N(C)C(=O)c2cccnc2)CC1. The Morgan fingerprint density at radius 3 is 2.40 bits per heavy atom. The van der Waals surface area contributed by atoms with Gasteiger partial charge in [-0.2, -0.15) is 0 Å². The fraction of sp³-hybridized carbons (Fsp3) is 0.462. The average Bonchev–Trinajstić information content (AvgIpc) is 2.86. The first kappa shape index (κ1) is 26.2. The molecule has 1 aliphatic rings. The summed E-state index contributed by atoms with van der Waals surface area (Å²) in [6, 6.07) is 6.49. The lowest BCUT2D eigenvalue weighted by Gasteiger charge is -2.40. The van der Waals surface area contributed by atoms with Gasteiger partial charge in [0.05, 0.1) is 5.56 Å². The summed E-state index contributed by atoms with van der Waals surface area (Å²) in [5.74, 6) is -1.67. The molecule has 1 saturated heterocycles. The molecule has 9 heteroatoms. The number of halogens is 2. The van der Waals surface area contributed by atoms with Crippen molar-refractivity contribution in [3.8, 4) is 0 Å². The number of likely N-dealkylation sites (tertiary alicyclic amines) is 1. The number of likely N-dealkylation sites (N-methyl/N-ethyl adjacent to an activating group) is 1. The number of nitrogens with zero attached hydrogens (tertiary/aromatic N) is 4. The smallest absolute Gasteiger partial charge is 0.255 e. The van der Waals surface area contributed by atoms with Crippen molar-refractivity contribution in [3.05, 3.63) is 65.5 Å². The molecule has 0 aliphatic carbocycles. The molecule has 0 N–H and O–H groups in total. The van der Waals surface area contributed by atoms with Crippen LogP contribution in [0.3, 0.4) is 0 Å². The molecule has 7 nitrogen and oxygen atoms in total. The molecule has 0 spiro atoms. The summed E-state index contributed by atoms with van der Waals surface area (Å²) in [5, 5.41) is 0. The molecule has 2 heterocycles. The highest BCUT2D eigenvalue weighted by Crippen LogP contribution is 2.28. The minimum Gasteiger partial charge on any atom is -0.349 e. The highest BCUT2D eigenvalue weighted by Gasteiger charge is 2.33. The third kappa shape index (κ3) is 6.83. The van der Waals surface area contributed by atoms with Crippen LogP contribution in [0.5, 0.6) is 0 Å². The highest BCUT2D eigenvalue weighted by molar-refractivity contribution is 5.94. The Labute approximate surface area is 204 Å². The molecule has 1 aliphatic heterocycles. The van der Waals surface area contributed by atoms with Crippen molar-refractivity contribution in [2.45, 2.75) is 38.1 Å². The predicted octanol–water partition coefficient (Wildman–Crippen LogP) is 3.15. The van der Waals surface area contributed by atoms with E-state index in [1.165, 1.54) is 23.2 Å². The van der Waals surface area contributed by atoms with Crippen molar-refractivity contribution in [2.75, 3.05) is 34.2 Å². The normalized spacial score (nSPS) is 14.9. The molecular formula is C26H32F2N4O3. The first-order chi connectivity index (χ1) is 16.7. The molecule has 3 rings (SSSR count). The summed E-state index contributed by atoms with van der Waals surface area (Å²) >= 11 is 0. The monoisotopic (exact) mass is 486 g/mol. The van der Waals surface area contributed by atoms with Crippen LogP contribution in [0.4, 0.5) is 8.78 Å². The van der Waals surface area contributed by atoms with Gasteiger partial charge in [-0.15, -0.1) is 0 Å². The summed E-state index contributed by atoms with van der Waals surface area (Å²) < 4.78 is 28.0. The molecule has 3 amide bonds. The molecule has 1 unspecified atom stereocenters. The van der Waals surface area contributed by atoms with Gasteiger partial charge < -0.3 is 14.7 Å². The Hall–Kier alpha value is -3.36. The first-order valence-corrected chi connectivity index (χ1v) is 11.8. The fourth-order valence-electron chi connectivity index (χ4n) is 4.51. The van der Waals surface area contributed by atoms with E-state index in [9.17, 15) is 23.2 Å². The molecular weight excluding hydrogens is 454 g/mol. The van der Waals surface area contributed by atoms with Gasteiger partial charge in [-0.25, -0.2) is 8.78 Å². The summed E-state index contributed by atoms with van der Waals surface area (Å²) in [6.07, 6.45) is 4.89.